The van der Waals surface area contributed by atoms with Gasteiger partial charge in [-0.05, 0) is 48.2 Å². The van der Waals surface area contributed by atoms with Gasteiger partial charge >= 0.3 is 0 Å². The Morgan fingerprint density at radius 2 is 1.97 bits per heavy atom. The number of anilines is 1. The average Bonchev–Trinajstić information content (AvgIpc) is 2.74. The maximum atomic E-state index is 12.3. The summed E-state index contributed by atoms with van der Waals surface area (Å²) in [4.78, 5) is 24.9. The zero-order valence-electron chi connectivity index (χ0n) is 16.2. The number of thioether (sulfide) groups is 1. The van der Waals surface area contributed by atoms with Crippen LogP contribution in [0.25, 0.3) is 11.1 Å². The lowest BCUT2D eigenvalue weighted by Crippen LogP contribution is -2.52. The lowest BCUT2D eigenvalue weighted by atomic mass is 10.0. The first-order chi connectivity index (χ1) is 14.1. The summed E-state index contributed by atoms with van der Waals surface area (Å²) in [5, 5.41) is 9.06. The normalized spacial score (nSPS) is 19.8. The maximum absolute atomic E-state index is 12.3. The van der Waals surface area contributed by atoms with Crippen molar-refractivity contribution in [1.29, 1.82) is 0 Å². The SMILES string of the molecule is N[C@H](Cc1ccc(-c2ccc3c(c2)SCC(=O)N3)cc1)NC(=O)[C@@H]1CCCCN1. The third-order valence-electron chi connectivity index (χ3n) is 5.31. The smallest absolute Gasteiger partial charge is 0.238 e. The highest BCUT2D eigenvalue weighted by molar-refractivity contribution is 8.00. The van der Waals surface area contributed by atoms with Gasteiger partial charge in [-0.25, -0.2) is 0 Å². The van der Waals surface area contributed by atoms with Crippen LogP contribution in [0.4, 0.5) is 5.69 Å². The van der Waals surface area contributed by atoms with E-state index >= 15 is 0 Å². The number of nitrogens with one attached hydrogen (secondary N) is 3. The summed E-state index contributed by atoms with van der Waals surface area (Å²) < 4.78 is 0. The van der Waals surface area contributed by atoms with Gasteiger partial charge in [-0.2, -0.15) is 0 Å². The minimum Gasteiger partial charge on any atom is -0.339 e. The molecule has 152 valence electrons. The van der Waals surface area contributed by atoms with Crippen LogP contribution in [0.1, 0.15) is 24.8 Å². The van der Waals surface area contributed by atoms with Crippen molar-refractivity contribution in [3.63, 3.8) is 0 Å². The van der Waals surface area contributed by atoms with Crippen molar-refractivity contribution < 1.29 is 9.59 Å². The van der Waals surface area contributed by atoms with Gasteiger partial charge in [0, 0.05) is 11.3 Å². The molecule has 0 aromatic heterocycles. The largest absolute Gasteiger partial charge is 0.339 e. The van der Waals surface area contributed by atoms with Gasteiger partial charge < -0.3 is 21.7 Å². The zero-order chi connectivity index (χ0) is 20.2. The standard InChI is InChI=1S/C22H26N4O2S/c23-20(26-22(28)18-3-1-2-10-24-18)11-14-4-6-15(7-5-14)16-8-9-17-19(12-16)29-13-21(27)25-17/h4-9,12,18,20,24H,1-3,10-11,13,23H2,(H,25,27)(H,26,28)/t18-,20-/m0/s1. The molecular formula is C22H26N4O2S. The molecule has 7 heteroatoms. The molecule has 2 atom stereocenters. The minimum absolute atomic E-state index is 0.00697. The molecule has 2 aliphatic heterocycles. The summed E-state index contributed by atoms with van der Waals surface area (Å²) in [6, 6.07) is 14.2. The van der Waals surface area contributed by atoms with Gasteiger partial charge in [0.05, 0.1) is 23.6 Å². The monoisotopic (exact) mass is 410 g/mol. The fraction of sp³-hybridized carbons (Fsp3) is 0.364. The molecule has 6 nitrogen and oxygen atoms in total. The first-order valence-electron chi connectivity index (χ1n) is 10.0. The number of carbonyl (C=O) groups is 2. The molecule has 2 heterocycles. The summed E-state index contributed by atoms with van der Waals surface area (Å²) in [5.41, 5.74) is 10.3. The molecule has 1 saturated heterocycles. The number of rotatable bonds is 5. The van der Waals surface area contributed by atoms with Gasteiger partial charge in [0.15, 0.2) is 0 Å². The number of benzene rings is 2. The highest BCUT2D eigenvalue weighted by Crippen LogP contribution is 2.35. The van der Waals surface area contributed by atoms with E-state index in [1.54, 1.807) is 11.8 Å². The molecule has 2 amide bonds. The summed E-state index contributed by atoms with van der Waals surface area (Å²) in [6.07, 6.45) is 3.26. The van der Waals surface area contributed by atoms with Gasteiger partial charge in [0.1, 0.15) is 0 Å². The van der Waals surface area contributed by atoms with Crippen molar-refractivity contribution in [1.82, 2.24) is 10.6 Å². The molecule has 5 N–H and O–H groups in total. The van der Waals surface area contributed by atoms with E-state index < -0.39 is 6.17 Å². The molecule has 0 saturated carbocycles. The van der Waals surface area contributed by atoms with E-state index in [0.717, 1.165) is 53.1 Å². The van der Waals surface area contributed by atoms with Crippen LogP contribution in [-0.2, 0) is 16.0 Å². The summed E-state index contributed by atoms with van der Waals surface area (Å²) >= 11 is 1.56. The Morgan fingerprint density at radius 1 is 1.17 bits per heavy atom. The molecule has 0 bridgehead atoms. The van der Waals surface area contributed by atoms with Crippen molar-refractivity contribution in [2.24, 2.45) is 5.73 Å². The van der Waals surface area contributed by atoms with Gasteiger partial charge in [-0.15, -0.1) is 11.8 Å². The highest BCUT2D eigenvalue weighted by Gasteiger charge is 2.22. The number of piperidine rings is 1. The lowest BCUT2D eigenvalue weighted by Gasteiger charge is -2.24. The van der Waals surface area contributed by atoms with Gasteiger partial charge in [-0.3, -0.25) is 9.59 Å². The van der Waals surface area contributed by atoms with E-state index in [1.807, 2.05) is 12.1 Å². The molecule has 4 rings (SSSR count). The fourth-order valence-corrected chi connectivity index (χ4v) is 4.59. The summed E-state index contributed by atoms with van der Waals surface area (Å²) in [7, 11) is 0. The third-order valence-corrected chi connectivity index (χ3v) is 6.37. The van der Waals surface area contributed by atoms with E-state index in [4.69, 9.17) is 5.73 Å². The van der Waals surface area contributed by atoms with Crippen LogP contribution in [0, 0.1) is 0 Å². The summed E-state index contributed by atoms with van der Waals surface area (Å²) in [6.45, 7) is 0.891. The number of hydrogen-bond acceptors (Lipinski definition) is 5. The summed E-state index contributed by atoms with van der Waals surface area (Å²) in [5.74, 6) is 0.491. The van der Waals surface area contributed by atoms with Crippen LogP contribution in [0.5, 0.6) is 0 Å². The van der Waals surface area contributed by atoms with Crippen LogP contribution < -0.4 is 21.7 Å². The van der Waals surface area contributed by atoms with Crippen LogP contribution in [0.3, 0.4) is 0 Å². The van der Waals surface area contributed by atoms with Crippen LogP contribution >= 0.6 is 11.8 Å². The second-order valence-corrected chi connectivity index (χ2v) is 8.58. The molecular weight excluding hydrogens is 384 g/mol. The Balaban J connectivity index is 1.36. The number of carbonyl (C=O) groups excluding carboxylic acids is 2. The Bertz CT molecular complexity index is 894. The maximum Gasteiger partial charge on any atom is 0.238 e. The van der Waals surface area contributed by atoms with Crippen molar-refractivity contribution in [3.05, 3.63) is 48.0 Å². The Morgan fingerprint density at radius 3 is 2.72 bits per heavy atom. The molecule has 0 spiro atoms. The fourth-order valence-electron chi connectivity index (χ4n) is 3.75. The first-order valence-corrected chi connectivity index (χ1v) is 11.0. The molecule has 0 radical (unpaired) electrons. The predicted molar refractivity (Wildman–Crippen MR) is 117 cm³/mol. The second kappa shape index (κ2) is 8.98. The molecule has 2 aromatic rings. The third kappa shape index (κ3) is 4.98. The van der Waals surface area contributed by atoms with E-state index in [0.29, 0.717) is 12.2 Å². The molecule has 29 heavy (non-hydrogen) atoms. The molecule has 2 aromatic carbocycles. The lowest BCUT2D eigenvalue weighted by molar-refractivity contribution is -0.124. The van der Waals surface area contributed by atoms with Crippen LogP contribution in [-0.4, -0.2) is 36.3 Å². The van der Waals surface area contributed by atoms with E-state index in [1.165, 1.54) is 0 Å². The number of fused-ring (bicyclic) bond motifs is 1. The second-order valence-electron chi connectivity index (χ2n) is 7.57. The Hall–Kier alpha value is -2.35. The molecule has 0 unspecified atom stereocenters. The van der Waals surface area contributed by atoms with E-state index in [9.17, 15) is 9.59 Å². The van der Waals surface area contributed by atoms with Crippen molar-refractivity contribution in [2.75, 3.05) is 17.6 Å². The number of amides is 2. The van der Waals surface area contributed by atoms with Gasteiger partial charge in [0.2, 0.25) is 11.8 Å². The average molecular weight is 411 g/mol. The predicted octanol–water partition coefficient (Wildman–Crippen LogP) is 2.48. The van der Waals surface area contributed by atoms with Crippen LogP contribution in [0.2, 0.25) is 0 Å². The first kappa shape index (κ1) is 19.9. The quantitative estimate of drug-likeness (QED) is 0.568. The Labute approximate surface area is 175 Å². The zero-order valence-corrected chi connectivity index (χ0v) is 17.1. The van der Waals surface area contributed by atoms with E-state index in [2.05, 4.69) is 46.3 Å². The molecule has 2 aliphatic rings. The van der Waals surface area contributed by atoms with Crippen molar-refractivity contribution in [2.45, 2.75) is 42.8 Å². The number of nitrogens with two attached hydrogens (primary N) is 1. The van der Waals surface area contributed by atoms with Crippen molar-refractivity contribution in [3.8, 4) is 11.1 Å². The minimum atomic E-state index is -0.402. The molecule has 0 aliphatic carbocycles. The molecule has 1 fully saturated rings. The highest BCUT2D eigenvalue weighted by atomic mass is 32.2. The topological polar surface area (TPSA) is 96.2 Å². The van der Waals surface area contributed by atoms with Gasteiger partial charge in [-0.1, -0.05) is 36.8 Å². The number of hydrogen-bond donors (Lipinski definition) is 4. The Kier molecular flexibility index (Phi) is 6.18. The van der Waals surface area contributed by atoms with Gasteiger partial charge in [0.25, 0.3) is 0 Å². The van der Waals surface area contributed by atoms with E-state index in [-0.39, 0.29) is 17.9 Å². The van der Waals surface area contributed by atoms with Crippen LogP contribution in [0.15, 0.2) is 47.4 Å². The van der Waals surface area contributed by atoms with Crippen molar-refractivity contribution >= 4 is 29.3 Å².